The van der Waals surface area contributed by atoms with E-state index in [1.807, 2.05) is 23.1 Å². The monoisotopic (exact) mass is 244 g/mol. The minimum Gasteiger partial charge on any atom is -0.342 e. The minimum absolute atomic E-state index is 0.204. The summed E-state index contributed by atoms with van der Waals surface area (Å²) >= 11 is 0. The molecule has 0 bridgehead atoms. The lowest BCUT2D eigenvalue weighted by Crippen LogP contribution is -2.38. The Morgan fingerprint density at radius 3 is 2.61 bits per heavy atom. The van der Waals surface area contributed by atoms with Crippen LogP contribution in [0.4, 0.5) is 0 Å². The lowest BCUT2D eigenvalue weighted by molar-refractivity contribution is -0.133. The van der Waals surface area contributed by atoms with Gasteiger partial charge >= 0.3 is 0 Å². The Morgan fingerprint density at radius 1 is 1.33 bits per heavy atom. The van der Waals surface area contributed by atoms with Crippen LogP contribution < -0.4 is 5.73 Å². The Morgan fingerprint density at radius 2 is 2.06 bits per heavy atom. The molecule has 3 nitrogen and oxygen atoms in total. The van der Waals surface area contributed by atoms with Gasteiger partial charge in [0, 0.05) is 13.1 Å². The van der Waals surface area contributed by atoms with E-state index in [1.54, 1.807) is 0 Å². The number of likely N-dealkylation sites (tertiary alicyclic amines) is 1. The number of nitrogens with zero attached hydrogens (tertiary/aromatic N) is 1. The van der Waals surface area contributed by atoms with E-state index in [-0.39, 0.29) is 5.41 Å². The number of benzene rings is 1. The second-order valence-corrected chi connectivity index (χ2v) is 5.59. The average molecular weight is 244 g/mol. The zero-order chi connectivity index (χ0) is 12.6. The van der Waals surface area contributed by atoms with Crippen molar-refractivity contribution in [2.45, 2.75) is 24.7 Å². The molecule has 96 valence electrons. The summed E-state index contributed by atoms with van der Waals surface area (Å²) in [4.78, 5) is 14.7. The average Bonchev–Trinajstić information content (AvgIpc) is 3.10. The maximum atomic E-state index is 12.7. The normalized spacial score (nSPS) is 25.2. The highest BCUT2D eigenvalue weighted by Gasteiger charge is 2.53. The molecule has 2 fully saturated rings. The summed E-state index contributed by atoms with van der Waals surface area (Å²) in [6.07, 6.45) is 3.06. The SMILES string of the molecule is NC[C@@H]1CCN(C(=O)C2(c3ccccc3)CC2)C1. The number of hydrogen-bond acceptors (Lipinski definition) is 2. The van der Waals surface area contributed by atoms with Crippen LogP contribution in [0.1, 0.15) is 24.8 Å². The van der Waals surface area contributed by atoms with Gasteiger partial charge in [-0.2, -0.15) is 0 Å². The quantitative estimate of drug-likeness (QED) is 0.876. The molecule has 1 aliphatic heterocycles. The molecule has 0 radical (unpaired) electrons. The van der Waals surface area contributed by atoms with Gasteiger partial charge in [0.05, 0.1) is 5.41 Å². The molecular weight excluding hydrogens is 224 g/mol. The third kappa shape index (κ3) is 1.83. The van der Waals surface area contributed by atoms with Crippen molar-refractivity contribution in [2.75, 3.05) is 19.6 Å². The Hall–Kier alpha value is -1.35. The third-order valence-electron chi connectivity index (χ3n) is 4.39. The van der Waals surface area contributed by atoms with Crippen molar-refractivity contribution < 1.29 is 4.79 Å². The highest BCUT2D eigenvalue weighted by atomic mass is 16.2. The van der Waals surface area contributed by atoms with Gasteiger partial charge in [-0.3, -0.25) is 4.79 Å². The summed E-state index contributed by atoms with van der Waals surface area (Å²) in [5.41, 5.74) is 6.68. The standard InChI is InChI=1S/C15H20N2O/c16-10-12-6-9-17(11-12)14(18)15(7-8-15)13-4-2-1-3-5-13/h1-5,12H,6-11,16H2/t12-/m0/s1. The third-order valence-corrected chi connectivity index (χ3v) is 4.39. The Kier molecular flexibility index (Phi) is 2.86. The Balaban J connectivity index is 1.77. The van der Waals surface area contributed by atoms with Gasteiger partial charge in [-0.1, -0.05) is 30.3 Å². The first kappa shape index (κ1) is 11.7. The predicted octanol–water partition coefficient (Wildman–Crippen LogP) is 1.53. The van der Waals surface area contributed by atoms with Gasteiger partial charge in [0.25, 0.3) is 0 Å². The molecule has 1 saturated carbocycles. The van der Waals surface area contributed by atoms with E-state index in [2.05, 4.69) is 12.1 Å². The van der Waals surface area contributed by atoms with E-state index < -0.39 is 0 Å². The molecule has 1 aromatic rings. The number of nitrogens with two attached hydrogens (primary N) is 1. The van der Waals surface area contributed by atoms with Crippen molar-refractivity contribution in [3.05, 3.63) is 35.9 Å². The summed E-state index contributed by atoms with van der Waals surface area (Å²) in [6, 6.07) is 10.2. The first-order valence-electron chi connectivity index (χ1n) is 6.81. The van der Waals surface area contributed by atoms with Crippen LogP contribution in [0, 0.1) is 5.92 Å². The van der Waals surface area contributed by atoms with Crippen LogP contribution >= 0.6 is 0 Å². The lowest BCUT2D eigenvalue weighted by Gasteiger charge is -2.23. The van der Waals surface area contributed by atoms with Gasteiger partial charge in [0.2, 0.25) is 5.91 Å². The van der Waals surface area contributed by atoms with Gasteiger partial charge < -0.3 is 10.6 Å². The molecule has 1 aliphatic carbocycles. The molecule has 18 heavy (non-hydrogen) atoms. The van der Waals surface area contributed by atoms with Gasteiger partial charge in [0.1, 0.15) is 0 Å². The van der Waals surface area contributed by atoms with Crippen LogP contribution in [-0.2, 0) is 10.2 Å². The molecule has 0 unspecified atom stereocenters. The molecule has 3 rings (SSSR count). The number of rotatable bonds is 3. The second kappa shape index (κ2) is 4.39. The minimum atomic E-state index is -0.204. The van der Waals surface area contributed by atoms with Gasteiger partial charge in [-0.25, -0.2) is 0 Å². The summed E-state index contributed by atoms with van der Waals surface area (Å²) in [5.74, 6) is 0.824. The lowest BCUT2D eigenvalue weighted by atomic mass is 9.94. The maximum absolute atomic E-state index is 12.7. The first-order chi connectivity index (χ1) is 8.76. The molecule has 1 heterocycles. The van der Waals surface area contributed by atoms with Crippen molar-refractivity contribution in [3.8, 4) is 0 Å². The first-order valence-corrected chi connectivity index (χ1v) is 6.81. The van der Waals surface area contributed by atoms with Crippen molar-refractivity contribution in [1.29, 1.82) is 0 Å². The number of carbonyl (C=O) groups excluding carboxylic acids is 1. The summed E-state index contributed by atoms with van der Waals surface area (Å²) < 4.78 is 0. The zero-order valence-electron chi connectivity index (χ0n) is 10.6. The molecule has 0 spiro atoms. The Bertz CT molecular complexity index is 439. The van der Waals surface area contributed by atoms with E-state index in [9.17, 15) is 4.79 Å². The van der Waals surface area contributed by atoms with Gasteiger partial charge in [-0.15, -0.1) is 0 Å². The van der Waals surface area contributed by atoms with Crippen molar-refractivity contribution in [2.24, 2.45) is 11.7 Å². The molecule has 3 heteroatoms. The molecule has 1 saturated heterocycles. The van der Waals surface area contributed by atoms with E-state index in [0.29, 0.717) is 18.4 Å². The van der Waals surface area contributed by atoms with E-state index >= 15 is 0 Å². The largest absolute Gasteiger partial charge is 0.342 e. The fourth-order valence-corrected chi connectivity index (χ4v) is 3.02. The number of carbonyl (C=O) groups is 1. The van der Waals surface area contributed by atoms with Crippen molar-refractivity contribution in [1.82, 2.24) is 4.90 Å². The number of amides is 1. The van der Waals surface area contributed by atoms with Crippen LogP contribution in [-0.4, -0.2) is 30.4 Å². The van der Waals surface area contributed by atoms with Gasteiger partial charge in [0.15, 0.2) is 0 Å². The van der Waals surface area contributed by atoms with Crippen LogP contribution in [0.5, 0.6) is 0 Å². The highest BCUT2D eigenvalue weighted by Crippen LogP contribution is 2.50. The molecule has 2 N–H and O–H groups in total. The van der Waals surface area contributed by atoms with Crippen LogP contribution in [0.2, 0.25) is 0 Å². The fraction of sp³-hybridized carbons (Fsp3) is 0.533. The topological polar surface area (TPSA) is 46.3 Å². The summed E-state index contributed by atoms with van der Waals surface area (Å²) in [5, 5.41) is 0. The summed E-state index contributed by atoms with van der Waals surface area (Å²) in [6.45, 7) is 2.43. The maximum Gasteiger partial charge on any atom is 0.233 e. The predicted molar refractivity (Wildman–Crippen MR) is 71.1 cm³/mol. The van der Waals surface area contributed by atoms with Crippen LogP contribution in [0.25, 0.3) is 0 Å². The van der Waals surface area contributed by atoms with E-state index in [4.69, 9.17) is 5.73 Å². The molecule has 1 amide bonds. The smallest absolute Gasteiger partial charge is 0.233 e. The molecule has 1 atom stereocenters. The number of hydrogen-bond donors (Lipinski definition) is 1. The van der Waals surface area contributed by atoms with Crippen molar-refractivity contribution in [3.63, 3.8) is 0 Å². The fourth-order valence-electron chi connectivity index (χ4n) is 3.02. The molecule has 2 aliphatic rings. The van der Waals surface area contributed by atoms with E-state index in [0.717, 1.165) is 32.4 Å². The molecular formula is C15H20N2O. The molecule has 1 aromatic carbocycles. The van der Waals surface area contributed by atoms with E-state index in [1.165, 1.54) is 5.56 Å². The van der Waals surface area contributed by atoms with Crippen LogP contribution in [0.3, 0.4) is 0 Å². The van der Waals surface area contributed by atoms with Gasteiger partial charge in [-0.05, 0) is 37.3 Å². The van der Waals surface area contributed by atoms with Crippen molar-refractivity contribution >= 4 is 5.91 Å². The highest BCUT2D eigenvalue weighted by molar-refractivity contribution is 5.91. The second-order valence-electron chi connectivity index (χ2n) is 5.59. The Labute approximate surface area is 108 Å². The van der Waals surface area contributed by atoms with Crippen LogP contribution in [0.15, 0.2) is 30.3 Å². The molecule has 0 aromatic heterocycles. The summed E-state index contributed by atoms with van der Waals surface area (Å²) in [7, 11) is 0. The zero-order valence-corrected chi connectivity index (χ0v) is 10.6.